The Morgan fingerprint density at radius 3 is 2.30 bits per heavy atom. The van der Waals surface area contributed by atoms with Crippen LogP contribution in [-0.2, 0) is 33.3 Å². The van der Waals surface area contributed by atoms with Crippen molar-refractivity contribution in [3.8, 4) is 0 Å². The molecule has 218 valence electrons. The minimum atomic E-state index is -4.60. The molecule has 0 bridgehead atoms. The second-order valence-corrected chi connectivity index (χ2v) is 11.5. The van der Waals surface area contributed by atoms with Gasteiger partial charge in [0.1, 0.15) is 12.2 Å². The minimum absolute atomic E-state index is 0.119. The number of aromatic nitrogens is 2. The molecule has 11 heteroatoms. The number of alkyl halides is 3. The SMILES string of the molecule is CC(=O)N1CC(C(=O)N2C[C@@H](C)O[C@@H](C)C2)N(c2cccc(C)c2C)[C@H](n2nc(C(F)(F)F)c3c2CCCC3)C1. The molecular formula is C29H38F3N5O3. The summed E-state index contributed by atoms with van der Waals surface area (Å²) in [6.07, 6.45) is -3.49. The number of piperazine rings is 1. The van der Waals surface area contributed by atoms with E-state index in [-0.39, 0.29) is 42.7 Å². The van der Waals surface area contributed by atoms with Crippen molar-refractivity contribution in [3.05, 3.63) is 46.3 Å². The van der Waals surface area contributed by atoms with Gasteiger partial charge in [-0.2, -0.15) is 18.3 Å². The van der Waals surface area contributed by atoms with E-state index in [9.17, 15) is 22.8 Å². The number of hydrogen-bond acceptors (Lipinski definition) is 5. The lowest BCUT2D eigenvalue weighted by Crippen LogP contribution is -2.64. The van der Waals surface area contributed by atoms with Gasteiger partial charge in [0.05, 0.1) is 25.3 Å². The van der Waals surface area contributed by atoms with Crippen LogP contribution >= 0.6 is 0 Å². The van der Waals surface area contributed by atoms with Crippen LogP contribution < -0.4 is 4.90 Å². The molecule has 40 heavy (non-hydrogen) atoms. The molecule has 3 heterocycles. The maximum atomic E-state index is 14.3. The van der Waals surface area contributed by atoms with Crippen molar-refractivity contribution in [1.82, 2.24) is 19.6 Å². The zero-order valence-electron chi connectivity index (χ0n) is 23.8. The molecule has 1 aromatic carbocycles. The molecule has 1 unspecified atom stereocenters. The van der Waals surface area contributed by atoms with Crippen LogP contribution in [0.25, 0.3) is 0 Å². The Kier molecular flexibility index (Phi) is 7.62. The van der Waals surface area contributed by atoms with Crippen LogP contribution in [0.4, 0.5) is 18.9 Å². The van der Waals surface area contributed by atoms with Crippen LogP contribution in [0.3, 0.4) is 0 Å². The lowest BCUT2D eigenvalue weighted by atomic mass is 9.95. The van der Waals surface area contributed by atoms with Crippen LogP contribution in [0.5, 0.6) is 0 Å². The van der Waals surface area contributed by atoms with Crippen molar-refractivity contribution < 1.29 is 27.5 Å². The molecule has 5 rings (SSSR count). The highest BCUT2D eigenvalue weighted by molar-refractivity contribution is 5.88. The van der Waals surface area contributed by atoms with Crippen molar-refractivity contribution in [2.24, 2.45) is 0 Å². The fourth-order valence-corrected chi connectivity index (χ4v) is 6.53. The first-order valence-electron chi connectivity index (χ1n) is 14.1. The van der Waals surface area contributed by atoms with Crippen molar-refractivity contribution in [2.45, 2.75) is 90.9 Å². The molecule has 8 nitrogen and oxygen atoms in total. The van der Waals surface area contributed by atoms with Gasteiger partial charge in [-0.3, -0.25) is 9.59 Å². The van der Waals surface area contributed by atoms with E-state index in [0.29, 0.717) is 38.0 Å². The highest BCUT2D eigenvalue weighted by atomic mass is 19.4. The summed E-state index contributed by atoms with van der Waals surface area (Å²) in [5, 5.41) is 4.21. The molecule has 3 aliphatic rings. The highest BCUT2D eigenvalue weighted by Crippen LogP contribution is 2.40. The van der Waals surface area contributed by atoms with E-state index in [2.05, 4.69) is 5.10 Å². The predicted molar refractivity (Wildman–Crippen MR) is 144 cm³/mol. The van der Waals surface area contributed by atoms with Crippen molar-refractivity contribution in [3.63, 3.8) is 0 Å². The van der Waals surface area contributed by atoms with E-state index in [0.717, 1.165) is 23.2 Å². The van der Waals surface area contributed by atoms with E-state index >= 15 is 0 Å². The van der Waals surface area contributed by atoms with E-state index < -0.39 is 24.1 Å². The molecule has 2 aliphatic heterocycles. The number of rotatable bonds is 3. The molecule has 2 aromatic rings. The Hall–Kier alpha value is -3.08. The summed E-state index contributed by atoms with van der Waals surface area (Å²) in [4.78, 5) is 32.4. The summed E-state index contributed by atoms with van der Waals surface area (Å²) in [5.74, 6) is -0.403. The molecule has 0 saturated carbocycles. The number of hydrogen-bond donors (Lipinski definition) is 0. The van der Waals surface area contributed by atoms with Crippen LogP contribution in [0.2, 0.25) is 0 Å². The van der Waals surface area contributed by atoms with Crippen molar-refractivity contribution >= 4 is 17.5 Å². The van der Waals surface area contributed by atoms with Crippen LogP contribution in [0.1, 0.15) is 67.9 Å². The Morgan fingerprint density at radius 2 is 1.65 bits per heavy atom. The summed E-state index contributed by atoms with van der Waals surface area (Å²) in [5.41, 5.74) is 2.62. The molecular weight excluding hydrogens is 523 g/mol. The lowest BCUT2D eigenvalue weighted by molar-refractivity contribution is -0.147. The van der Waals surface area contributed by atoms with Crippen LogP contribution in [0, 0.1) is 13.8 Å². The standard InChI is InChI=1S/C29H38F3N5O3/c1-17-9-8-12-23(20(17)4)36-25(28(39)35-13-18(2)40-19(3)14-35)15-34(21(5)38)16-26(36)37-24-11-7-6-10-22(24)27(33-37)29(30,31)32/h8-9,12,18-19,25-26H,6-7,10-11,13-16H2,1-5H3/t18-,19+,25?,26-/m1/s1. The van der Waals surface area contributed by atoms with Gasteiger partial charge in [-0.25, -0.2) is 4.68 Å². The number of morpholine rings is 1. The van der Waals surface area contributed by atoms with E-state index in [4.69, 9.17) is 4.74 Å². The monoisotopic (exact) mass is 561 g/mol. The van der Waals surface area contributed by atoms with Gasteiger partial charge in [0.2, 0.25) is 11.8 Å². The molecule has 0 N–H and O–H groups in total. The molecule has 2 saturated heterocycles. The van der Waals surface area contributed by atoms with Gasteiger partial charge in [0, 0.05) is 37.0 Å². The number of nitrogens with zero attached hydrogens (tertiary/aromatic N) is 5. The fourth-order valence-electron chi connectivity index (χ4n) is 6.53. The molecule has 1 aliphatic carbocycles. The molecule has 2 fully saturated rings. The summed E-state index contributed by atoms with van der Waals surface area (Å²) in [6, 6.07) is 4.97. The molecule has 0 radical (unpaired) electrons. The van der Waals surface area contributed by atoms with E-state index in [1.54, 1.807) is 9.80 Å². The zero-order chi connectivity index (χ0) is 28.9. The van der Waals surface area contributed by atoms with Gasteiger partial charge in [-0.15, -0.1) is 0 Å². The van der Waals surface area contributed by atoms with Crippen molar-refractivity contribution in [2.75, 3.05) is 31.1 Å². The van der Waals surface area contributed by atoms with Gasteiger partial charge in [0.15, 0.2) is 5.69 Å². The van der Waals surface area contributed by atoms with Gasteiger partial charge in [0.25, 0.3) is 0 Å². The largest absolute Gasteiger partial charge is 0.435 e. The average molecular weight is 562 g/mol. The topological polar surface area (TPSA) is 70.9 Å². The Labute approximate surface area is 233 Å². The lowest BCUT2D eigenvalue weighted by Gasteiger charge is -2.49. The second-order valence-electron chi connectivity index (χ2n) is 11.5. The smallest absolute Gasteiger partial charge is 0.372 e. The number of amides is 2. The Bertz CT molecular complexity index is 1280. The number of fused-ring (bicyclic) bond motifs is 1. The summed E-state index contributed by atoms with van der Waals surface area (Å²) >= 11 is 0. The van der Waals surface area contributed by atoms with Gasteiger partial charge in [-0.1, -0.05) is 12.1 Å². The summed E-state index contributed by atoms with van der Waals surface area (Å²) in [7, 11) is 0. The number of benzene rings is 1. The second kappa shape index (κ2) is 10.7. The number of aryl methyl sites for hydroxylation is 1. The number of halogens is 3. The first-order chi connectivity index (χ1) is 18.9. The normalized spacial score (nSPS) is 25.6. The van der Waals surface area contributed by atoms with Crippen LogP contribution in [-0.4, -0.2) is 75.8 Å². The number of carbonyl (C=O) groups is 2. The maximum Gasteiger partial charge on any atom is 0.435 e. The molecule has 4 atom stereocenters. The van der Waals surface area contributed by atoms with Gasteiger partial charge < -0.3 is 19.4 Å². The molecule has 1 aromatic heterocycles. The third-order valence-corrected chi connectivity index (χ3v) is 8.51. The average Bonchev–Trinajstić information content (AvgIpc) is 3.29. The summed E-state index contributed by atoms with van der Waals surface area (Å²) < 4.78 is 49.9. The van der Waals surface area contributed by atoms with Crippen LogP contribution in [0.15, 0.2) is 18.2 Å². The van der Waals surface area contributed by atoms with E-state index in [1.807, 2.05) is 50.8 Å². The Balaban J connectivity index is 1.69. The first kappa shape index (κ1) is 28.4. The highest BCUT2D eigenvalue weighted by Gasteiger charge is 2.47. The zero-order valence-corrected chi connectivity index (χ0v) is 23.8. The quantitative estimate of drug-likeness (QED) is 0.560. The van der Waals surface area contributed by atoms with Crippen molar-refractivity contribution in [1.29, 1.82) is 0 Å². The maximum absolute atomic E-state index is 14.3. The Morgan fingerprint density at radius 1 is 0.975 bits per heavy atom. The third-order valence-electron chi connectivity index (χ3n) is 8.51. The predicted octanol–water partition coefficient (Wildman–Crippen LogP) is 4.27. The summed E-state index contributed by atoms with van der Waals surface area (Å²) in [6.45, 7) is 10.3. The molecule has 2 amide bonds. The van der Waals surface area contributed by atoms with E-state index in [1.165, 1.54) is 11.6 Å². The van der Waals surface area contributed by atoms with Gasteiger partial charge in [-0.05, 0) is 70.6 Å². The number of anilines is 1. The number of carbonyl (C=O) groups excluding carboxylic acids is 2. The third kappa shape index (κ3) is 5.20. The van der Waals surface area contributed by atoms with Gasteiger partial charge >= 0.3 is 6.18 Å². The fraction of sp³-hybridized carbons (Fsp3) is 0.621. The molecule has 0 spiro atoms. The first-order valence-corrected chi connectivity index (χ1v) is 14.1. The minimum Gasteiger partial charge on any atom is -0.372 e. The number of ether oxygens (including phenoxy) is 1.